The molecule has 12 heteroatoms. The fraction of sp³-hybridized carbons (Fsp3) is 0.238. The molecule has 172 valence electrons. The van der Waals surface area contributed by atoms with Gasteiger partial charge < -0.3 is 5.32 Å². The minimum Gasteiger partial charge on any atom is -0.346 e. The van der Waals surface area contributed by atoms with E-state index < -0.39 is 29.5 Å². The molecule has 0 spiro atoms. The summed E-state index contributed by atoms with van der Waals surface area (Å²) in [6, 6.07) is 11.8. The van der Waals surface area contributed by atoms with Crippen LogP contribution in [0.15, 0.2) is 48.7 Å². The Balaban J connectivity index is 1.35. The number of thioether (sulfide) groups is 1. The summed E-state index contributed by atoms with van der Waals surface area (Å²) in [5.74, 6) is -2.67. The van der Waals surface area contributed by atoms with Gasteiger partial charge in [-0.1, -0.05) is 48.2 Å². The molecule has 0 radical (unpaired) electrons. The third-order valence-electron chi connectivity index (χ3n) is 4.64. The number of imide groups is 1. The first-order valence-corrected chi connectivity index (χ1v) is 10.9. The zero-order valence-electron chi connectivity index (χ0n) is 17.3. The predicted octanol–water partition coefficient (Wildman–Crippen LogP) is 0.521. The molecule has 1 aromatic carbocycles. The molecule has 1 aliphatic rings. The summed E-state index contributed by atoms with van der Waals surface area (Å²) in [5.41, 5.74) is 6.15. The van der Waals surface area contributed by atoms with Crippen molar-refractivity contribution in [1.29, 1.82) is 0 Å². The SMILES string of the molecule is O=C(CSC(=O)c1ccccc1)NCC(=O)NNc1ccc(C[C@H]2CC(=O)N(O)C2=O)cn1. The number of hydrazine groups is 1. The molecule has 1 aromatic heterocycles. The van der Waals surface area contributed by atoms with Gasteiger partial charge in [0.15, 0.2) is 0 Å². The maximum absolute atomic E-state index is 12.0. The van der Waals surface area contributed by atoms with E-state index in [9.17, 15) is 29.2 Å². The van der Waals surface area contributed by atoms with E-state index >= 15 is 0 Å². The lowest BCUT2D eigenvalue weighted by molar-refractivity contribution is -0.172. The van der Waals surface area contributed by atoms with E-state index in [0.717, 1.165) is 11.8 Å². The molecule has 11 nitrogen and oxygen atoms in total. The Kier molecular flexibility index (Phi) is 8.11. The minimum absolute atomic E-state index is 0.0595. The Hall–Kier alpha value is -3.77. The number of benzene rings is 1. The smallest absolute Gasteiger partial charge is 0.257 e. The third kappa shape index (κ3) is 6.85. The summed E-state index contributed by atoms with van der Waals surface area (Å²) < 4.78 is 0. The molecule has 1 saturated heterocycles. The number of carbonyl (C=O) groups excluding carboxylic acids is 5. The van der Waals surface area contributed by atoms with E-state index in [1.165, 1.54) is 6.20 Å². The lowest BCUT2D eigenvalue weighted by atomic mass is 9.99. The molecule has 33 heavy (non-hydrogen) atoms. The Labute approximate surface area is 192 Å². The number of hydroxylamine groups is 2. The Morgan fingerprint density at radius 1 is 1.09 bits per heavy atom. The molecular weight excluding hydrogens is 450 g/mol. The molecule has 2 heterocycles. The van der Waals surface area contributed by atoms with Crippen LogP contribution in [-0.2, 0) is 25.6 Å². The van der Waals surface area contributed by atoms with Gasteiger partial charge in [-0.25, -0.2) is 4.98 Å². The van der Waals surface area contributed by atoms with Crippen molar-refractivity contribution in [3.63, 3.8) is 0 Å². The first-order chi connectivity index (χ1) is 15.8. The van der Waals surface area contributed by atoms with Gasteiger partial charge in [-0.3, -0.25) is 40.0 Å². The summed E-state index contributed by atoms with van der Waals surface area (Å²) in [7, 11) is 0. The second kappa shape index (κ2) is 11.2. The summed E-state index contributed by atoms with van der Waals surface area (Å²) in [6.45, 7) is -0.292. The van der Waals surface area contributed by atoms with Crippen LogP contribution in [0.5, 0.6) is 0 Å². The number of anilines is 1. The van der Waals surface area contributed by atoms with Gasteiger partial charge in [0.2, 0.25) is 11.0 Å². The molecule has 1 fully saturated rings. The number of rotatable bonds is 9. The van der Waals surface area contributed by atoms with Crippen LogP contribution in [0.1, 0.15) is 22.3 Å². The van der Waals surface area contributed by atoms with E-state index in [1.807, 2.05) is 0 Å². The van der Waals surface area contributed by atoms with Crippen LogP contribution in [0.2, 0.25) is 0 Å². The Morgan fingerprint density at radius 2 is 1.85 bits per heavy atom. The highest BCUT2D eigenvalue weighted by Crippen LogP contribution is 2.22. The average molecular weight is 471 g/mol. The molecule has 0 saturated carbocycles. The van der Waals surface area contributed by atoms with Gasteiger partial charge in [0.05, 0.1) is 18.2 Å². The van der Waals surface area contributed by atoms with E-state index in [4.69, 9.17) is 0 Å². The van der Waals surface area contributed by atoms with E-state index in [0.29, 0.717) is 16.9 Å². The fourth-order valence-electron chi connectivity index (χ4n) is 2.94. The number of amides is 4. The first-order valence-electron chi connectivity index (χ1n) is 9.88. The molecular formula is C21H21N5O6S. The topological polar surface area (TPSA) is 158 Å². The van der Waals surface area contributed by atoms with Gasteiger partial charge in [0.25, 0.3) is 17.7 Å². The van der Waals surface area contributed by atoms with Crippen molar-refractivity contribution in [3.8, 4) is 0 Å². The molecule has 1 aliphatic heterocycles. The van der Waals surface area contributed by atoms with Crippen LogP contribution in [0.4, 0.5) is 5.82 Å². The van der Waals surface area contributed by atoms with Gasteiger partial charge in [-0.2, -0.15) is 5.06 Å². The van der Waals surface area contributed by atoms with E-state index in [1.54, 1.807) is 42.5 Å². The molecule has 0 aliphatic carbocycles. The first kappa shape index (κ1) is 23.9. The molecule has 0 bridgehead atoms. The zero-order valence-corrected chi connectivity index (χ0v) is 18.1. The molecule has 3 rings (SSSR count). The van der Waals surface area contributed by atoms with Crippen LogP contribution in [0.3, 0.4) is 0 Å². The normalized spacial score (nSPS) is 15.3. The van der Waals surface area contributed by atoms with Crippen LogP contribution in [0.25, 0.3) is 0 Å². The maximum atomic E-state index is 12.0. The standard InChI is InChI=1S/C21H21N5O6S/c27-17(11-23-18(28)12-33-21(31)14-4-2-1-3-5-14)25-24-16-7-6-13(10-22-16)8-15-9-19(29)26(32)20(15)30/h1-7,10,15,32H,8-9,11-12H2,(H,22,24)(H,23,28)(H,25,27)/t15-/m0/s1. The van der Waals surface area contributed by atoms with Crippen molar-refractivity contribution in [2.75, 3.05) is 17.7 Å². The number of hydrogen-bond donors (Lipinski definition) is 4. The maximum Gasteiger partial charge on any atom is 0.257 e. The molecule has 4 amide bonds. The lowest BCUT2D eigenvalue weighted by Crippen LogP contribution is -2.40. The average Bonchev–Trinajstić information content (AvgIpc) is 3.07. The van der Waals surface area contributed by atoms with Crippen LogP contribution in [-0.4, -0.2) is 56.3 Å². The van der Waals surface area contributed by atoms with Crippen LogP contribution >= 0.6 is 11.8 Å². The summed E-state index contributed by atoms with van der Waals surface area (Å²) in [5, 5.41) is 11.6. The van der Waals surface area contributed by atoms with Crippen molar-refractivity contribution < 1.29 is 29.2 Å². The van der Waals surface area contributed by atoms with Gasteiger partial charge in [-0.05, 0) is 18.1 Å². The van der Waals surface area contributed by atoms with Crippen LogP contribution in [0, 0.1) is 5.92 Å². The van der Waals surface area contributed by atoms with Gasteiger partial charge >= 0.3 is 0 Å². The summed E-state index contributed by atoms with van der Waals surface area (Å²) in [4.78, 5) is 62.9. The number of pyridine rings is 1. The Bertz CT molecular complexity index is 1050. The summed E-state index contributed by atoms with van der Waals surface area (Å²) in [6.07, 6.45) is 1.67. The van der Waals surface area contributed by atoms with Crippen molar-refractivity contribution >= 4 is 46.3 Å². The van der Waals surface area contributed by atoms with Gasteiger partial charge in [0, 0.05) is 18.2 Å². The van der Waals surface area contributed by atoms with Crippen molar-refractivity contribution in [2.24, 2.45) is 5.92 Å². The fourth-order valence-corrected chi connectivity index (χ4v) is 3.61. The molecule has 2 aromatic rings. The number of nitrogens with one attached hydrogen (secondary N) is 3. The molecule has 0 unspecified atom stereocenters. The third-order valence-corrected chi connectivity index (χ3v) is 5.55. The van der Waals surface area contributed by atoms with Gasteiger partial charge in [0.1, 0.15) is 5.82 Å². The quantitative estimate of drug-likeness (QED) is 0.232. The minimum atomic E-state index is -0.639. The summed E-state index contributed by atoms with van der Waals surface area (Å²) >= 11 is 0.848. The predicted molar refractivity (Wildman–Crippen MR) is 118 cm³/mol. The highest BCUT2D eigenvalue weighted by atomic mass is 32.2. The Morgan fingerprint density at radius 3 is 2.48 bits per heavy atom. The second-order valence-corrected chi connectivity index (χ2v) is 8.04. The number of aromatic nitrogens is 1. The largest absolute Gasteiger partial charge is 0.346 e. The highest BCUT2D eigenvalue weighted by molar-refractivity contribution is 8.14. The number of hydrogen-bond acceptors (Lipinski definition) is 9. The molecule has 1 atom stereocenters. The van der Waals surface area contributed by atoms with Crippen molar-refractivity contribution in [1.82, 2.24) is 20.8 Å². The lowest BCUT2D eigenvalue weighted by Gasteiger charge is -2.10. The highest BCUT2D eigenvalue weighted by Gasteiger charge is 2.37. The monoisotopic (exact) mass is 471 g/mol. The number of carbonyl (C=O) groups is 5. The van der Waals surface area contributed by atoms with Crippen molar-refractivity contribution in [2.45, 2.75) is 12.8 Å². The van der Waals surface area contributed by atoms with Crippen molar-refractivity contribution in [3.05, 3.63) is 59.8 Å². The number of nitrogens with zero attached hydrogens (tertiary/aromatic N) is 2. The van der Waals surface area contributed by atoms with E-state index in [-0.39, 0.29) is 35.3 Å². The second-order valence-electron chi connectivity index (χ2n) is 7.09. The molecule has 4 N–H and O–H groups in total. The van der Waals surface area contributed by atoms with E-state index in [2.05, 4.69) is 21.2 Å². The van der Waals surface area contributed by atoms with Gasteiger partial charge in [-0.15, -0.1) is 0 Å². The zero-order chi connectivity index (χ0) is 23.8. The van der Waals surface area contributed by atoms with Crippen LogP contribution < -0.4 is 16.2 Å².